The number of ketones is 1. The summed E-state index contributed by atoms with van der Waals surface area (Å²) in [5.74, 6) is 0.712. The van der Waals surface area contributed by atoms with E-state index in [1.54, 1.807) is 36.4 Å². The van der Waals surface area contributed by atoms with E-state index in [1.165, 1.54) is 7.11 Å². The number of alkyl halides is 1. The van der Waals surface area contributed by atoms with E-state index in [2.05, 4.69) is 20.7 Å². The molecule has 0 aliphatic rings. The molecule has 0 heterocycles. The lowest BCUT2D eigenvalue weighted by Gasteiger charge is -2.10. The Morgan fingerprint density at radius 3 is 2.39 bits per heavy atom. The lowest BCUT2D eigenvalue weighted by Crippen LogP contribution is -2.03. The van der Waals surface area contributed by atoms with Crippen molar-refractivity contribution in [1.82, 2.24) is 0 Å². The first-order chi connectivity index (χ1) is 11.2. The van der Waals surface area contributed by atoms with Crippen LogP contribution in [0.25, 0.3) is 0 Å². The van der Waals surface area contributed by atoms with Crippen molar-refractivity contribution in [3.8, 4) is 11.5 Å². The number of para-hydroxylation sites is 1. The van der Waals surface area contributed by atoms with Crippen LogP contribution in [-0.2, 0) is 4.74 Å². The van der Waals surface area contributed by atoms with E-state index in [0.717, 1.165) is 11.8 Å². The molecule has 4 nitrogen and oxygen atoms in total. The Bertz CT molecular complexity index is 680. The fourth-order valence-corrected chi connectivity index (χ4v) is 2.33. The van der Waals surface area contributed by atoms with E-state index in [4.69, 9.17) is 4.74 Å². The zero-order valence-corrected chi connectivity index (χ0v) is 14.3. The van der Waals surface area contributed by atoms with E-state index in [1.807, 2.05) is 12.1 Å². The minimum atomic E-state index is -0.401. The SMILES string of the molecule is COC(=O)c1ccc(Oc2ccccc2C(=O)CCCBr)cc1. The highest BCUT2D eigenvalue weighted by Gasteiger charge is 2.13. The number of Topliss-reactive ketones (excluding diaryl/α,β-unsaturated/α-hetero) is 1. The molecule has 2 aromatic rings. The van der Waals surface area contributed by atoms with Gasteiger partial charge in [-0.15, -0.1) is 0 Å². The van der Waals surface area contributed by atoms with Gasteiger partial charge in [-0.25, -0.2) is 4.79 Å². The van der Waals surface area contributed by atoms with Crippen LogP contribution in [0, 0.1) is 0 Å². The van der Waals surface area contributed by atoms with Crippen molar-refractivity contribution in [2.45, 2.75) is 12.8 Å². The van der Waals surface area contributed by atoms with Crippen LogP contribution < -0.4 is 4.74 Å². The Labute approximate surface area is 143 Å². The van der Waals surface area contributed by atoms with Crippen molar-refractivity contribution in [1.29, 1.82) is 0 Å². The highest BCUT2D eigenvalue weighted by molar-refractivity contribution is 9.09. The Morgan fingerprint density at radius 2 is 1.74 bits per heavy atom. The molecule has 120 valence electrons. The number of hydrogen-bond donors (Lipinski definition) is 0. The number of carbonyl (C=O) groups excluding carboxylic acids is 2. The molecule has 23 heavy (non-hydrogen) atoms. The summed E-state index contributed by atoms with van der Waals surface area (Å²) in [4.78, 5) is 23.7. The molecule has 0 unspecified atom stereocenters. The van der Waals surface area contributed by atoms with E-state index < -0.39 is 5.97 Å². The number of ether oxygens (including phenoxy) is 2. The lowest BCUT2D eigenvalue weighted by atomic mass is 10.1. The van der Waals surface area contributed by atoms with Crippen LogP contribution in [0.1, 0.15) is 33.6 Å². The molecular weight excluding hydrogens is 360 g/mol. The zero-order chi connectivity index (χ0) is 16.7. The summed E-state index contributed by atoms with van der Waals surface area (Å²) < 4.78 is 10.4. The van der Waals surface area contributed by atoms with Gasteiger partial charge in [-0.1, -0.05) is 28.1 Å². The number of esters is 1. The first-order valence-corrected chi connectivity index (χ1v) is 8.32. The van der Waals surface area contributed by atoms with Crippen LogP contribution in [0.2, 0.25) is 0 Å². The number of halogens is 1. The highest BCUT2D eigenvalue weighted by Crippen LogP contribution is 2.27. The first kappa shape index (κ1) is 17.2. The van der Waals surface area contributed by atoms with Crippen molar-refractivity contribution >= 4 is 27.7 Å². The second-order valence-electron chi connectivity index (χ2n) is 4.83. The van der Waals surface area contributed by atoms with E-state index >= 15 is 0 Å². The van der Waals surface area contributed by atoms with Crippen LogP contribution in [0.5, 0.6) is 11.5 Å². The minimum absolute atomic E-state index is 0.0474. The fourth-order valence-electron chi connectivity index (χ4n) is 2.05. The largest absolute Gasteiger partial charge is 0.465 e. The minimum Gasteiger partial charge on any atom is -0.465 e. The Balaban J connectivity index is 2.17. The molecule has 2 rings (SSSR count). The Morgan fingerprint density at radius 1 is 1.04 bits per heavy atom. The maximum Gasteiger partial charge on any atom is 0.337 e. The highest BCUT2D eigenvalue weighted by atomic mass is 79.9. The van der Waals surface area contributed by atoms with Gasteiger partial charge in [-0.2, -0.15) is 0 Å². The third-order valence-electron chi connectivity index (χ3n) is 3.23. The molecule has 0 saturated carbocycles. The topological polar surface area (TPSA) is 52.6 Å². The van der Waals surface area contributed by atoms with E-state index in [-0.39, 0.29) is 5.78 Å². The van der Waals surface area contributed by atoms with Crippen LogP contribution in [-0.4, -0.2) is 24.2 Å². The zero-order valence-electron chi connectivity index (χ0n) is 12.8. The number of rotatable bonds is 7. The number of hydrogen-bond acceptors (Lipinski definition) is 4. The van der Waals surface area contributed by atoms with Crippen molar-refractivity contribution in [3.05, 3.63) is 59.7 Å². The maximum atomic E-state index is 12.2. The molecule has 0 bridgehead atoms. The summed E-state index contributed by atoms with van der Waals surface area (Å²) in [6.45, 7) is 0. The van der Waals surface area contributed by atoms with Crippen LogP contribution in [0.15, 0.2) is 48.5 Å². The van der Waals surface area contributed by atoms with Gasteiger partial charge >= 0.3 is 5.97 Å². The molecule has 0 N–H and O–H groups in total. The molecule has 0 aliphatic heterocycles. The summed E-state index contributed by atoms with van der Waals surface area (Å²) in [7, 11) is 1.33. The summed E-state index contributed by atoms with van der Waals surface area (Å²) in [5, 5.41) is 0.788. The van der Waals surface area contributed by atoms with Crippen LogP contribution in [0.3, 0.4) is 0 Å². The number of carbonyl (C=O) groups is 2. The van der Waals surface area contributed by atoms with Gasteiger partial charge in [-0.05, 0) is 42.8 Å². The third kappa shape index (κ3) is 4.66. The van der Waals surface area contributed by atoms with Crippen LogP contribution >= 0.6 is 15.9 Å². The lowest BCUT2D eigenvalue weighted by molar-refractivity contribution is 0.0600. The molecule has 0 amide bonds. The summed E-state index contributed by atoms with van der Waals surface area (Å²) in [6, 6.07) is 13.7. The molecule has 0 radical (unpaired) electrons. The molecule has 0 aliphatic carbocycles. The van der Waals surface area contributed by atoms with Gasteiger partial charge in [0.2, 0.25) is 0 Å². The Hall–Kier alpha value is -2.14. The van der Waals surface area contributed by atoms with Gasteiger partial charge in [0.15, 0.2) is 5.78 Å². The van der Waals surface area contributed by atoms with Gasteiger partial charge in [0, 0.05) is 11.8 Å². The van der Waals surface area contributed by atoms with Gasteiger partial charge in [0.25, 0.3) is 0 Å². The van der Waals surface area contributed by atoms with Crippen molar-refractivity contribution in [2.75, 3.05) is 12.4 Å². The molecule has 0 aromatic heterocycles. The predicted octanol–water partition coefficient (Wildman–Crippen LogP) is 4.62. The average Bonchev–Trinajstić information content (AvgIpc) is 2.60. The first-order valence-electron chi connectivity index (χ1n) is 7.20. The number of benzene rings is 2. The van der Waals surface area contributed by atoms with Crippen molar-refractivity contribution in [3.63, 3.8) is 0 Å². The smallest absolute Gasteiger partial charge is 0.337 e. The monoisotopic (exact) mass is 376 g/mol. The summed E-state index contributed by atoms with van der Waals surface area (Å²) >= 11 is 3.33. The Kier molecular flexibility index (Phi) is 6.35. The van der Waals surface area contributed by atoms with Gasteiger partial charge in [0.1, 0.15) is 11.5 Å². The second-order valence-corrected chi connectivity index (χ2v) is 5.62. The van der Waals surface area contributed by atoms with Gasteiger partial charge in [0.05, 0.1) is 18.2 Å². The summed E-state index contributed by atoms with van der Waals surface area (Å²) in [5.41, 5.74) is 1.01. The third-order valence-corrected chi connectivity index (χ3v) is 3.79. The molecule has 5 heteroatoms. The molecule has 0 spiro atoms. The predicted molar refractivity (Wildman–Crippen MR) is 91.7 cm³/mol. The van der Waals surface area contributed by atoms with Gasteiger partial charge in [-0.3, -0.25) is 4.79 Å². The van der Waals surface area contributed by atoms with E-state index in [9.17, 15) is 9.59 Å². The molecule has 2 aromatic carbocycles. The number of methoxy groups -OCH3 is 1. The van der Waals surface area contributed by atoms with Gasteiger partial charge < -0.3 is 9.47 Å². The second kappa shape index (κ2) is 8.48. The molecule has 0 fully saturated rings. The van der Waals surface area contributed by atoms with Crippen LogP contribution in [0.4, 0.5) is 0 Å². The molecular formula is C18H17BrO4. The summed E-state index contributed by atoms with van der Waals surface area (Å²) in [6.07, 6.45) is 1.24. The fraction of sp³-hybridized carbons (Fsp3) is 0.222. The molecule has 0 saturated heterocycles. The average molecular weight is 377 g/mol. The molecule has 0 atom stereocenters. The quantitative estimate of drug-likeness (QED) is 0.401. The standard InChI is InChI=1S/C18H17BrO4/c1-22-18(21)13-8-10-14(11-9-13)23-17-7-3-2-5-15(17)16(20)6-4-12-19/h2-3,5,7-11H,4,6,12H2,1H3. The van der Waals surface area contributed by atoms with E-state index in [0.29, 0.717) is 29.0 Å². The normalized spacial score (nSPS) is 10.2. The maximum absolute atomic E-state index is 12.2. The van der Waals surface area contributed by atoms with Crippen molar-refractivity contribution in [2.24, 2.45) is 0 Å². The van der Waals surface area contributed by atoms with Crippen molar-refractivity contribution < 1.29 is 19.1 Å².